The van der Waals surface area contributed by atoms with Gasteiger partial charge in [0.15, 0.2) is 5.13 Å². The summed E-state index contributed by atoms with van der Waals surface area (Å²) in [5.41, 5.74) is 0.875. The van der Waals surface area contributed by atoms with E-state index in [1.165, 1.54) is 0 Å². The zero-order valence-corrected chi connectivity index (χ0v) is 16.9. The fraction of sp³-hybridized carbons (Fsp3) is 0.444. The van der Waals surface area contributed by atoms with Crippen molar-refractivity contribution in [2.24, 2.45) is 0 Å². The van der Waals surface area contributed by atoms with Crippen molar-refractivity contribution in [2.45, 2.75) is 37.1 Å². The molecule has 0 unspecified atom stereocenters. The van der Waals surface area contributed by atoms with E-state index in [0.29, 0.717) is 0 Å². The van der Waals surface area contributed by atoms with Crippen LogP contribution in [0.2, 0.25) is 0 Å². The Hall–Kier alpha value is -1.97. The Bertz CT molecular complexity index is 860. The number of hydrogen-bond donors (Lipinski definition) is 2. The lowest BCUT2D eigenvalue weighted by molar-refractivity contribution is -0.121. The van der Waals surface area contributed by atoms with Crippen molar-refractivity contribution in [3.63, 3.8) is 0 Å². The van der Waals surface area contributed by atoms with Gasteiger partial charge in [-0.3, -0.25) is 4.79 Å². The van der Waals surface area contributed by atoms with Gasteiger partial charge in [0.05, 0.1) is 4.90 Å². The minimum atomic E-state index is -3.59. The van der Waals surface area contributed by atoms with Crippen LogP contribution in [0.1, 0.15) is 24.8 Å². The standard InChI is InChI=1S/C18H24N4O3S2/c1-14-3-2-4-16(13-14)27(24,25)20-8-5-17(23)21-15-6-10-22(11-7-15)18-19-9-12-26-18/h2-4,9,12-13,15,20H,5-8,10-11H2,1H3,(H,21,23). The largest absolute Gasteiger partial charge is 0.353 e. The number of piperidine rings is 1. The molecule has 146 valence electrons. The highest BCUT2D eigenvalue weighted by Crippen LogP contribution is 2.22. The van der Waals surface area contributed by atoms with Crippen LogP contribution in [0, 0.1) is 6.92 Å². The first-order valence-corrected chi connectivity index (χ1v) is 11.3. The summed E-state index contributed by atoms with van der Waals surface area (Å²) in [5, 5.41) is 5.98. The molecule has 0 radical (unpaired) electrons. The van der Waals surface area contributed by atoms with Crippen molar-refractivity contribution >= 4 is 32.4 Å². The fourth-order valence-electron chi connectivity index (χ4n) is 3.05. The predicted molar refractivity (Wildman–Crippen MR) is 106 cm³/mol. The van der Waals surface area contributed by atoms with E-state index in [2.05, 4.69) is 19.9 Å². The highest BCUT2D eigenvalue weighted by molar-refractivity contribution is 7.89. The van der Waals surface area contributed by atoms with E-state index in [1.807, 2.05) is 18.4 Å². The van der Waals surface area contributed by atoms with Crippen molar-refractivity contribution in [1.29, 1.82) is 0 Å². The summed E-state index contributed by atoms with van der Waals surface area (Å²) < 4.78 is 27.0. The lowest BCUT2D eigenvalue weighted by atomic mass is 10.1. The molecule has 1 aromatic carbocycles. The van der Waals surface area contributed by atoms with E-state index < -0.39 is 10.0 Å². The second-order valence-corrected chi connectivity index (χ2v) is 9.25. The summed E-state index contributed by atoms with van der Waals surface area (Å²) in [5.74, 6) is -0.130. The van der Waals surface area contributed by atoms with Gasteiger partial charge in [0, 0.05) is 43.7 Å². The van der Waals surface area contributed by atoms with Crippen LogP contribution >= 0.6 is 11.3 Å². The summed E-state index contributed by atoms with van der Waals surface area (Å²) in [6, 6.07) is 6.83. The van der Waals surface area contributed by atoms with Crippen LogP contribution < -0.4 is 14.9 Å². The Balaban J connectivity index is 1.40. The predicted octanol–water partition coefficient (Wildman–Crippen LogP) is 1.91. The molecule has 0 spiro atoms. The Morgan fingerprint density at radius 3 is 2.78 bits per heavy atom. The van der Waals surface area contributed by atoms with Crippen LogP contribution in [0.4, 0.5) is 5.13 Å². The molecule has 1 amide bonds. The molecule has 9 heteroatoms. The molecule has 3 rings (SSSR count). The Morgan fingerprint density at radius 1 is 1.33 bits per heavy atom. The maximum Gasteiger partial charge on any atom is 0.240 e. The van der Waals surface area contributed by atoms with E-state index in [1.54, 1.807) is 35.7 Å². The van der Waals surface area contributed by atoms with Crippen LogP contribution in [0.3, 0.4) is 0 Å². The first kappa shape index (κ1) is 19.8. The molecule has 2 N–H and O–H groups in total. The van der Waals surface area contributed by atoms with Crippen LogP contribution in [0.15, 0.2) is 40.7 Å². The van der Waals surface area contributed by atoms with Crippen molar-refractivity contribution in [3.8, 4) is 0 Å². The molecule has 0 atom stereocenters. The summed E-state index contributed by atoms with van der Waals surface area (Å²) in [6.45, 7) is 3.64. The number of anilines is 1. The molecule has 0 aliphatic carbocycles. The van der Waals surface area contributed by atoms with Crippen LogP contribution in [0.5, 0.6) is 0 Å². The molecule has 1 aliphatic rings. The third-order valence-corrected chi connectivity index (χ3v) is 6.78. The monoisotopic (exact) mass is 408 g/mol. The second kappa shape index (κ2) is 8.81. The first-order chi connectivity index (χ1) is 12.9. The Morgan fingerprint density at radius 2 is 2.11 bits per heavy atom. The fourth-order valence-corrected chi connectivity index (χ4v) is 4.88. The number of benzene rings is 1. The van der Waals surface area contributed by atoms with Crippen molar-refractivity contribution < 1.29 is 13.2 Å². The number of hydrogen-bond acceptors (Lipinski definition) is 6. The van der Waals surface area contributed by atoms with Crippen molar-refractivity contribution in [2.75, 3.05) is 24.5 Å². The van der Waals surface area contributed by atoms with Gasteiger partial charge in [-0.15, -0.1) is 11.3 Å². The minimum absolute atomic E-state index is 0.0834. The number of aromatic nitrogens is 1. The number of aryl methyl sites for hydroxylation is 1. The molecule has 1 aromatic heterocycles. The zero-order valence-electron chi connectivity index (χ0n) is 15.2. The lowest BCUT2D eigenvalue weighted by Gasteiger charge is -2.32. The molecule has 2 aromatic rings. The van der Waals surface area contributed by atoms with Crippen molar-refractivity contribution in [1.82, 2.24) is 15.0 Å². The number of sulfonamides is 1. The number of thiazole rings is 1. The Kier molecular flexibility index (Phi) is 6.46. The van der Waals surface area contributed by atoms with Gasteiger partial charge in [0.2, 0.25) is 15.9 Å². The minimum Gasteiger partial charge on any atom is -0.353 e. The molecule has 1 aliphatic heterocycles. The highest BCUT2D eigenvalue weighted by Gasteiger charge is 2.22. The quantitative estimate of drug-likeness (QED) is 0.730. The molecule has 0 bridgehead atoms. The number of amides is 1. The van der Waals surface area contributed by atoms with Gasteiger partial charge in [0.25, 0.3) is 0 Å². The van der Waals surface area contributed by atoms with E-state index in [4.69, 9.17) is 0 Å². The average Bonchev–Trinajstić information content (AvgIpc) is 3.17. The average molecular weight is 409 g/mol. The van der Waals surface area contributed by atoms with Gasteiger partial charge in [-0.25, -0.2) is 18.1 Å². The number of nitrogens with zero attached hydrogens (tertiary/aromatic N) is 2. The molecule has 2 heterocycles. The summed E-state index contributed by atoms with van der Waals surface area (Å²) in [6.07, 6.45) is 3.64. The highest BCUT2D eigenvalue weighted by atomic mass is 32.2. The molecule has 7 nitrogen and oxygen atoms in total. The van der Waals surface area contributed by atoms with Gasteiger partial charge in [0.1, 0.15) is 0 Å². The van der Waals surface area contributed by atoms with Gasteiger partial charge in [-0.2, -0.15) is 0 Å². The third-order valence-electron chi connectivity index (χ3n) is 4.49. The van der Waals surface area contributed by atoms with Gasteiger partial charge < -0.3 is 10.2 Å². The van der Waals surface area contributed by atoms with Gasteiger partial charge in [-0.1, -0.05) is 12.1 Å². The topological polar surface area (TPSA) is 91.4 Å². The maximum absolute atomic E-state index is 12.3. The normalized spacial score (nSPS) is 15.7. The Labute approximate surface area is 163 Å². The summed E-state index contributed by atoms with van der Waals surface area (Å²) >= 11 is 1.62. The SMILES string of the molecule is Cc1cccc(S(=O)(=O)NCCC(=O)NC2CCN(c3nccs3)CC2)c1. The van der Waals surface area contributed by atoms with E-state index in [-0.39, 0.29) is 29.8 Å². The van der Waals surface area contributed by atoms with E-state index in [0.717, 1.165) is 36.6 Å². The van der Waals surface area contributed by atoms with Crippen molar-refractivity contribution in [3.05, 3.63) is 41.4 Å². The maximum atomic E-state index is 12.3. The third kappa shape index (κ3) is 5.50. The smallest absolute Gasteiger partial charge is 0.240 e. The van der Waals surface area contributed by atoms with Crippen LogP contribution in [-0.2, 0) is 14.8 Å². The van der Waals surface area contributed by atoms with Gasteiger partial charge in [-0.05, 0) is 37.5 Å². The first-order valence-electron chi connectivity index (χ1n) is 8.94. The summed E-state index contributed by atoms with van der Waals surface area (Å²) in [4.78, 5) is 18.9. The molecule has 27 heavy (non-hydrogen) atoms. The van der Waals surface area contributed by atoms with Gasteiger partial charge >= 0.3 is 0 Å². The lowest BCUT2D eigenvalue weighted by Crippen LogP contribution is -2.45. The second-order valence-electron chi connectivity index (χ2n) is 6.61. The number of nitrogens with one attached hydrogen (secondary N) is 2. The molecule has 0 saturated carbocycles. The number of carbonyl (C=O) groups is 1. The number of carbonyl (C=O) groups excluding carboxylic acids is 1. The van der Waals surface area contributed by atoms with E-state index in [9.17, 15) is 13.2 Å². The zero-order chi connectivity index (χ0) is 19.3. The van der Waals surface area contributed by atoms with Crippen LogP contribution in [0.25, 0.3) is 0 Å². The summed E-state index contributed by atoms with van der Waals surface area (Å²) in [7, 11) is -3.59. The molecule has 1 fully saturated rings. The molecule has 1 saturated heterocycles. The molecular weight excluding hydrogens is 384 g/mol. The number of rotatable bonds is 7. The van der Waals surface area contributed by atoms with Crippen LogP contribution in [-0.4, -0.2) is 45.0 Å². The molecular formula is C18H24N4O3S2. The van der Waals surface area contributed by atoms with E-state index >= 15 is 0 Å².